The number of carbonyl (C=O) groups is 1. The highest BCUT2D eigenvalue weighted by molar-refractivity contribution is 5.32. The van der Waals surface area contributed by atoms with Crippen LogP contribution in [0, 0.1) is 0 Å². The predicted octanol–water partition coefficient (Wildman–Crippen LogP) is -0.147. The molecular weight excluding hydrogens is 63.0 g/mol. The average Bonchev–Trinajstić information content (AvgIpc) is 0.918. The third kappa shape index (κ3) is 0.622. The number of hydrogen-bond acceptors (Lipinski definition) is 1. The summed E-state index contributed by atoms with van der Waals surface area (Å²) in [5.74, 6) is 0. The standard InChI is InChI=1S/CH2O2.FH/c2-1-3;/h1H,(H,2,3);1H. The minimum atomic E-state index is -0.250. The molecule has 0 rings (SSSR count). The molecule has 0 atom stereocenters. The van der Waals surface area contributed by atoms with E-state index in [1.807, 2.05) is 0 Å². The molecule has 0 bridgehead atoms. The van der Waals surface area contributed by atoms with Crippen LogP contribution in [0.3, 0.4) is 0 Å². The monoisotopic (exact) mass is 66.0 g/mol. The Morgan fingerprint density at radius 3 is 1.75 bits per heavy atom. The van der Waals surface area contributed by atoms with Crippen LogP contribution in [0.5, 0.6) is 0 Å². The first-order valence-electron chi connectivity index (χ1n) is 0.494. The quantitative estimate of drug-likeness (QED) is 0.399. The van der Waals surface area contributed by atoms with Gasteiger partial charge >= 0.3 is 0 Å². The Bertz CT molecular complexity index is 13.5. The summed E-state index contributed by atoms with van der Waals surface area (Å²) in [6.07, 6.45) is 0. The molecule has 0 aliphatic heterocycles. The van der Waals surface area contributed by atoms with Crippen molar-refractivity contribution in [1.82, 2.24) is 0 Å². The molecule has 0 aromatic heterocycles. The van der Waals surface area contributed by atoms with Crippen molar-refractivity contribution in [1.29, 1.82) is 0 Å². The normalized spacial score (nSPS) is 3.00. The summed E-state index contributed by atoms with van der Waals surface area (Å²) in [6.45, 7) is -0.250. The van der Waals surface area contributed by atoms with Gasteiger partial charge in [-0.15, -0.1) is 0 Å². The van der Waals surface area contributed by atoms with Gasteiger partial charge in [-0.25, -0.2) is 0 Å². The average molecular weight is 66.0 g/mol. The van der Waals surface area contributed by atoms with Crippen LogP contribution < -0.4 is 0 Å². The van der Waals surface area contributed by atoms with E-state index in [0.29, 0.717) is 0 Å². The van der Waals surface area contributed by atoms with Crippen molar-refractivity contribution in [3.63, 3.8) is 0 Å². The maximum atomic E-state index is 8.36. The summed E-state index contributed by atoms with van der Waals surface area (Å²) in [7, 11) is 0. The highest BCUT2D eigenvalue weighted by Crippen LogP contribution is 0.966. The SMILES string of the molecule is F.O=CO. The lowest BCUT2D eigenvalue weighted by Crippen LogP contribution is -1.49. The van der Waals surface area contributed by atoms with Gasteiger partial charge in [-0.05, 0) is 0 Å². The lowest BCUT2D eigenvalue weighted by Gasteiger charge is -1.34. The first kappa shape index (κ1) is 9.99. The van der Waals surface area contributed by atoms with E-state index in [9.17, 15) is 0 Å². The van der Waals surface area contributed by atoms with Crippen LogP contribution in [-0.2, 0) is 4.79 Å². The lowest BCUT2D eigenvalue weighted by molar-refractivity contribution is -0.122. The van der Waals surface area contributed by atoms with Gasteiger partial charge in [0, 0.05) is 0 Å². The summed E-state index contributed by atoms with van der Waals surface area (Å²) in [5.41, 5.74) is 0. The largest absolute Gasteiger partial charge is 0.483 e. The van der Waals surface area contributed by atoms with Crippen LogP contribution in [0.2, 0.25) is 0 Å². The molecule has 0 aliphatic rings. The highest BCUT2D eigenvalue weighted by Gasteiger charge is 1.22. The van der Waals surface area contributed by atoms with E-state index < -0.39 is 0 Å². The van der Waals surface area contributed by atoms with Gasteiger partial charge in [0.15, 0.2) is 0 Å². The second-order valence-electron chi connectivity index (χ2n) is 0.105. The Hall–Kier alpha value is -0.600. The van der Waals surface area contributed by atoms with Crippen molar-refractivity contribution in [3.8, 4) is 0 Å². The molecule has 1 N–H and O–H groups in total. The molecule has 0 aromatic rings. The Kier molecular flexibility index (Phi) is 73.4. The Labute approximate surface area is 22.4 Å². The van der Waals surface area contributed by atoms with Crippen molar-refractivity contribution in [2.45, 2.75) is 0 Å². The molecular formula is CH3FO2. The molecule has 26 valence electrons. The predicted molar refractivity (Wildman–Crippen MR) is 11.2 cm³/mol. The number of halogens is 1. The molecule has 0 saturated heterocycles. The first-order valence-corrected chi connectivity index (χ1v) is 0.494. The van der Waals surface area contributed by atoms with Crippen molar-refractivity contribution in [2.24, 2.45) is 0 Å². The fraction of sp³-hybridized carbons (Fsp3) is 0. The van der Waals surface area contributed by atoms with Crippen molar-refractivity contribution in [3.05, 3.63) is 0 Å². The van der Waals surface area contributed by atoms with E-state index in [4.69, 9.17) is 9.90 Å². The van der Waals surface area contributed by atoms with Crippen molar-refractivity contribution < 1.29 is 14.6 Å². The van der Waals surface area contributed by atoms with Crippen molar-refractivity contribution in [2.75, 3.05) is 0 Å². The lowest BCUT2D eigenvalue weighted by atomic mass is 11.7. The maximum absolute atomic E-state index is 8.36. The molecule has 0 unspecified atom stereocenters. The molecule has 4 heavy (non-hydrogen) atoms. The van der Waals surface area contributed by atoms with E-state index >= 15 is 0 Å². The number of rotatable bonds is 0. The van der Waals surface area contributed by atoms with Gasteiger partial charge in [0.05, 0.1) is 0 Å². The van der Waals surface area contributed by atoms with Crippen LogP contribution in [0.1, 0.15) is 0 Å². The summed E-state index contributed by atoms with van der Waals surface area (Å²) in [6, 6.07) is 0. The van der Waals surface area contributed by atoms with E-state index in [2.05, 4.69) is 0 Å². The topological polar surface area (TPSA) is 37.3 Å². The van der Waals surface area contributed by atoms with Crippen molar-refractivity contribution >= 4 is 6.47 Å². The molecule has 0 fully saturated rings. The third-order valence-electron chi connectivity index (χ3n) is 0. The zero-order valence-electron chi connectivity index (χ0n) is 1.84. The summed E-state index contributed by atoms with van der Waals surface area (Å²) < 4.78 is 0. The van der Waals surface area contributed by atoms with Gasteiger partial charge in [-0.3, -0.25) is 9.50 Å². The smallest absolute Gasteiger partial charge is 0.290 e. The zero-order valence-corrected chi connectivity index (χ0v) is 1.84. The molecule has 0 saturated carbocycles. The van der Waals surface area contributed by atoms with Gasteiger partial charge in [0.2, 0.25) is 0 Å². The van der Waals surface area contributed by atoms with Gasteiger partial charge in [0.25, 0.3) is 6.47 Å². The molecule has 0 aliphatic carbocycles. The fourth-order valence-corrected chi connectivity index (χ4v) is 0. The van der Waals surface area contributed by atoms with Gasteiger partial charge in [0.1, 0.15) is 0 Å². The molecule has 0 spiro atoms. The maximum Gasteiger partial charge on any atom is 0.290 e. The Balaban J connectivity index is 0. The highest BCUT2D eigenvalue weighted by atomic mass is 19.0. The number of carboxylic acid groups (broad SMARTS) is 1. The molecule has 0 aromatic carbocycles. The molecule has 0 heterocycles. The van der Waals surface area contributed by atoms with Crippen LogP contribution in [0.25, 0.3) is 0 Å². The summed E-state index contributed by atoms with van der Waals surface area (Å²) >= 11 is 0. The zero-order chi connectivity index (χ0) is 2.71. The summed E-state index contributed by atoms with van der Waals surface area (Å²) in [4.78, 5) is 8.36. The van der Waals surface area contributed by atoms with E-state index in [-0.39, 0.29) is 11.2 Å². The Morgan fingerprint density at radius 2 is 1.75 bits per heavy atom. The van der Waals surface area contributed by atoms with Gasteiger partial charge < -0.3 is 5.11 Å². The van der Waals surface area contributed by atoms with E-state index in [1.165, 1.54) is 0 Å². The molecule has 0 amide bonds. The molecule has 0 radical (unpaired) electrons. The second kappa shape index (κ2) is 29.4. The van der Waals surface area contributed by atoms with Crippen LogP contribution in [0.4, 0.5) is 4.70 Å². The fourth-order valence-electron chi connectivity index (χ4n) is 0. The summed E-state index contributed by atoms with van der Waals surface area (Å²) in [5, 5.41) is 6.89. The van der Waals surface area contributed by atoms with E-state index in [1.54, 1.807) is 0 Å². The van der Waals surface area contributed by atoms with Gasteiger partial charge in [-0.2, -0.15) is 0 Å². The van der Waals surface area contributed by atoms with Crippen LogP contribution in [-0.4, -0.2) is 11.6 Å². The Morgan fingerprint density at radius 1 is 1.75 bits per heavy atom. The van der Waals surface area contributed by atoms with Crippen LogP contribution >= 0.6 is 0 Å². The second-order valence-corrected chi connectivity index (χ2v) is 0.105. The van der Waals surface area contributed by atoms with Crippen LogP contribution in [0.15, 0.2) is 0 Å². The minimum Gasteiger partial charge on any atom is -0.483 e. The minimum absolute atomic E-state index is 0. The van der Waals surface area contributed by atoms with E-state index in [0.717, 1.165) is 0 Å². The third-order valence-corrected chi connectivity index (χ3v) is 0. The molecule has 2 nitrogen and oxygen atoms in total. The number of hydrogen-bond donors (Lipinski definition) is 1. The first-order chi connectivity index (χ1) is 1.41. The molecule has 3 heteroatoms. The van der Waals surface area contributed by atoms with Gasteiger partial charge in [-0.1, -0.05) is 0 Å².